The maximum absolute atomic E-state index is 5.16. The second-order valence-electron chi connectivity index (χ2n) is 3.81. The standard InChI is InChI=1S/C16H18O2/c1-13(5-7-14(2)17-3)6-8-15-9-11-16(18-4)12-10-15/h5,7,9,11H,1-2,10,12H2,3-4H3/b7-5-. The molecule has 0 heterocycles. The largest absolute Gasteiger partial charge is 0.501 e. The summed E-state index contributed by atoms with van der Waals surface area (Å²) >= 11 is 0. The van der Waals surface area contributed by atoms with Crippen LogP contribution in [0.15, 0.2) is 60.1 Å². The lowest BCUT2D eigenvalue weighted by molar-refractivity contribution is 0.276. The highest BCUT2D eigenvalue weighted by molar-refractivity contribution is 5.44. The van der Waals surface area contributed by atoms with Crippen LogP contribution in [0, 0.1) is 11.8 Å². The Balaban J connectivity index is 2.59. The van der Waals surface area contributed by atoms with Crippen molar-refractivity contribution < 1.29 is 9.47 Å². The number of ether oxygens (including phenoxy) is 2. The van der Waals surface area contributed by atoms with Crippen LogP contribution in [-0.2, 0) is 9.47 Å². The Morgan fingerprint density at radius 3 is 2.56 bits per heavy atom. The van der Waals surface area contributed by atoms with Gasteiger partial charge in [0.2, 0.25) is 0 Å². The Morgan fingerprint density at radius 1 is 1.22 bits per heavy atom. The monoisotopic (exact) mass is 242 g/mol. The van der Waals surface area contributed by atoms with E-state index in [9.17, 15) is 0 Å². The zero-order valence-electron chi connectivity index (χ0n) is 11.0. The number of methoxy groups -OCH3 is 2. The molecule has 1 rings (SSSR count). The third-order valence-electron chi connectivity index (χ3n) is 2.49. The van der Waals surface area contributed by atoms with Crippen LogP contribution in [0.25, 0.3) is 0 Å². The fourth-order valence-corrected chi connectivity index (χ4v) is 1.36. The molecule has 0 saturated heterocycles. The summed E-state index contributed by atoms with van der Waals surface area (Å²) in [5.41, 5.74) is 1.83. The van der Waals surface area contributed by atoms with E-state index in [4.69, 9.17) is 9.47 Å². The van der Waals surface area contributed by atoms with Crippen LogP contribution in [-0.4, -0.2) is 14.2 Å². The minimum atomic E-state index is 0.586. The number of hydrogen-bond donors (Lipinski definition) is 0. The van der Waals surface area contributed by atoms with Crippen LogP contribution < -0.4 is 0 Å². The second-order valence-corrected chi connectivity index (χ2v) is 3.81. The molecule has 0 radical (unpaired) electrons. The molecule has 0 aromatic heterocycles. The quantitative estimate of drug-likeness (QED) is 0.426. The van der Waals surface area contributed by atoms with Crippen LogP contribution in [0.2, 0.25) is 0 Å². The van der Waals surface area contributed by atoms with Crippen molar-refractivity contribution in [2.24, 2.45) is 0 Å². The molecule has 0 spiro atoms. The van der Waals surface area contributed by atoms with E-state index in [0.717, 1.165) is 29.7 Å². The second kappa shape index (κ2) is 7.24. The van der Waals surface area contributed by atoms with Gasteiger partial charge in [-0.2, -0.15) is 0 Å². The van der Waals surface area contributed by atoms with Gasteiger partial charge in [-0.1, -0.05) is 25.0 Å². The minimum Gasteiger partial charge on any atom is -0.501 e. The molecule has 0 N–H and O–H groups in total. The SMILES string of the molecule is C=C(C#CC1=CC=C(OC)CC1)/C=C\C(=C)OC. The average molecular weight is 242 g/mol. The highest BCUT2D eigenvalue weighted by Crippen LogP contribution is 2.17. The van der Waals surface area contributed by atoms with E-state index in [2.05, 4.69) is 25.0 Å². The van der Waals surface area contributed by atoms with Crippen molar-refractivity contribution in [3.05, 3.63) is 60.1 Å². The zero-order chi connectivity index (χ0) is 13.4. The van der Waals surface area contributed by atoms with Gasteiger partial charge in [0.1, 0.15) is 5.76 Å². The van der Waals surface area contributed by atoms with Gasteiger partial charge in [-0.3, -0.25) is 0 Å². The molecule has 2 nitrogen and oxygen atoms in total. The van der Waals surface area contributed by atoms with Gasteiger partial charge < -0.3 is 9.47 Å². The van der Waals surface area contributed by atoms with Crippen molar-refractivity contribution in [3.8, 4) is 11.8 Å². The smallest absolute Gasteiger partial charge is 0.111 e. The van der Waals surface area contributed by atoms with Crippen LogP contribution in [0.4, 0.5) is 0 Å². The average Bonchev–Trinajstić information content (AvgIpc) is 2.42. The lowest BCUT2D eigenvalue weighted by Gasteiger charge is -2.09. The molecule has 0 aliphatic heterocycles. The zero-order valence-corrected chi connectivity index (χ0v) is 11.0. The lowest BCUT2D eigenvalue weighted by atomic mass is 10.0. The number of hydrogen-bond acceptors (Lipinski definition) is 2. The Bertz CT molecular complexity index is 479. The minimum absolute atomic E-state index is 0.586. The van der Waals surface area contributed by atoms with Crippen molar-refractivity contribution >= 4 is 0 Å². The summed E-state index contributed by atoms with van der Waals surface area (Å²) in [7, 11) is 3.26. The molecule has 0 fully saturated rings. The summed E-state index contributed by atoms with van der Waals surface area (Å²) < 4.78 is 10.1. The van der Waals surface area contributed by atoms with Crippen molar-refractivity contribution in [2.75, 3.05) is 14.2 Å². The molecule has 1 aliphatic carbocycles. The summed E-state index contributed by atoms with van der Waals surface area (Å²) in [5, 5.41) is 0. The molecule has 0 atom stereocenters. The molecule has 2 heteroatoms. The van der Waals surface area contributed by atoms with Gasteiger partial charge in [-0.15, -0.1) is 0 Å². The number of rotatable bonds is 4. The summed E-state index contributed by atoms with van der Waals surface area (Å²) in [6.45, 7) is 7.53. The maximum atomic E-state index is 5.16. The predicted molar refractivity (Wildman–Crippen MR) is 74.6 cm³/mol. The summed E-state index contributed by atoms with van der Waals surface area (Å²) in [5.74, 6) is 7.68. The Hall–Kier alpha value is -2.14. The maximum Gasteiger partial charge on any atom is 0.111 e. The van der Waals surface area contributed by atoms with Gasteiger partial charge in [0, 0.05) is 17.6 Å². The molecule has 94 valence electrons. The topological polar surface area (TPSA) is 18.5 Å². The molecular formula is C16H18O2. The predicted octanol–water partition coefficient (Wildman–Crippen LogP) is 3.51. The van der Waals surface area contributed by atoms with Gasteiger partial charge in [0.05, 0.1) is 20.0 Å². The third-order valence-corrected chi connectivity index (χ3v) is 2.49. The molecule has 0 aromatic rings. The van der Waals surface area contributed by atoms with Crippen molar-refractivity contribution in [3.63, 3.8) is 0 Å². The van der Waals surface area contributed by atoms with E-state index in [1.807, 2.05) is 12.2 Å². The molecule has 0 aromatic carbocycles. The highest BCUT2D eigenvalue weighted by atomic mass is 16.5. The highest BCUT2D eigenvalue weighted by Gasteiger charge is 2.03. The van der Waals surface area contributed by atoms with Gasteiger partial charge >= 0.3 is 0 Å². The summed E-state index contributed by atoms with van der Waals surface area (Å²) in [4.78, 5) is 0. The molecule has 0 unspecified atom stereocenters. The van der Waals surface area contributed by atoms with Crippen LogP contribution >= 0.6 is 0 Å². The Labute approximate surface area is 109 Å². The molecular weight excluding hydrogens is 224 g/mol. The van der Waals surface area contributed by atoms with E-state index in [1.165, 1.54) is 0 Å². The van der Waals surface area contributed by atoms with Crippen molar-refractivity contribution in [1.29, 1.82) is 0 Å². The van der Waals surface area contributed by atoms with Gasteiger partial charge in [0.25, 0.3) is 0 Å². The van der Waals surface area contributed by atoms with Gasteiger partial charge in [-0.05, 0) is 30.7 Å². The first kappa shape index (κ1) is 13.9. The van der Waals surface area contributed by atoms with E-state index < -0.39 is 0 Å². The lowest BCUT2D eigenvalue weighted by Crippen LogP contribution is -1.93. The summed E-state index contributed by atoms with van der Waals surface area (Å²) in [6.07, 6.45) is 9.29. The van der Waals surface area contributed by atoms with Crippen LogP contribution in [0.3, 0.4) is 0 Å². The summed E-state index contributed by atoms with van der Waals surface area (Å²) in [6, 6.07) is 0. The normalized spacial score (nSPS) is 14.1. The Kier molecular flexibility index (Phi) is 5.60. The van der Waals surface area contributed by atoms with E-state index >= 15 is 0 Å². The molecule has 0 amide bonds. The van der Waals surface area contributed by atoms with Crippen molar-refractivity contribution in [1.82, 2.24) is 0 Å². The first-order valence-corrected chi connectivity index (χ1v) is 5.71. The fraction of sp³-hybridized carbons (Fsp3) is 0.250. The van der Waals surface area contributed by atoms with E-state index in [1.54, 1.807) is 26.4 Å². The Morgan fingerprint density at radius 2 is 2.00 bits per heavy atom. The molecule has 18 heavy (non-hydrogen) atoms. The van der Waals surface area contributed by atoms with Gasteiger partial charge in [-0.25, -0.2) is 0 Å². The molecule has 0 saturated carbocycles. The van der Waals surface area contributed by atoms with Gasteiger partial charge in [0.15, 0.2) is 0 Å². The third kappa shape index (κ3) is 4.80. The first-order chi connectivity index (χ1) is 8.65. The van der Waals surface area contributed by atoms with E-state index in [0.29, 0.717) is 5.76 Å². The van der Waals surface area contributed by atoms with Crippen LogP contribution in [0.5, 0.6) is 0 Å². The fourth-order valence-electron chi connectivity index (χ4n) is 1.36. The molecule has 1 aliphatic rings. The van der Waals surface area contributed by atoms with E-state index in [-0.39, 0.29) is 0 Å². The molecule has 0 bridgehead atoms. The van der Waals surface area contributed by atoms with Crippen LogP contribution in [0.1, 0.15) is 12.8 Å². The first-order valence-electron chi connectivity index (χ1n) is 5.71. The van der Waals surface area contributed by atoms with Crippen molar-refractivity contribution in [2.45, 2.75) is 12.8 Å². The number of allylic oxidation sites excluding steroid dienone is 7.